The largest absolute Gasteiger partial charge is 0.353 e. The third kappa shape index (κ3) is 5.58. The van der Waals surface area contributed by atoms with Crippen LogP contribution in [-0.4, -0.2) is 54.5 Å². The molecule has 1 aromatic rings. The van der Waals surface area contributed by atoms with Crippen molar-refractivity contribution in [2.24, 2.45) is 0 Å². The number of piperazine rings is 1. The minimum Gasteiger partial charge on any atom is -0.353 e. The molecule has 1 aliphatic heterocycles. The normalized spacial score (nSPS) is 18.6. The van der Waals surface area contributed by atoms with Gasteiger partial charge in [-0.3, -0.25) is 14.6 Å². The average molecular weight is 330 g/mol. The first kappa shape index (κ1) is 16.7. The molecule has 21 heavy (non-hydrogen) atoms. The lowest BCUT2D eigenvalue weighted by atomic mass is 10.2. The van der Waals surface area contributed by atoms with E-state index < -0.39 is 0 Å². The fraction of sp³-hybridized carbons (Fsp3) is 0.667. The minimum atomic E-state index is 0.142. The predicted octanol–water partition coefficient (Wildman–Crippen LogP) is 2.43. The Bertz CT molecular complexity index is 458. The fourth-order valence-corrected chi connectivity index (χ4v) is 3.52. The van der Waals surface area contributed by atoms with Crippen molar-refractivity contribution in [2.75, 3.05) is 32.7 Å². The average Bonchev–Trinajstić information content (AvgIpc) is 2.86. The van der Waals surface area contributed by atoms with E-state index in [4.69, 9.17) is 11.6 Å². The Hall–Kier alpha value is -0.620. The van der Waals surface area contributed by atoms with Crippen molar-refractivity contribution in [1.29, 1.82) is 0 Å². The van der Waals surface area contributed by atoms with E-state index in [0.717, 1.165) is 43.5 Å². The zero-order valence-corrected chi connectivity index (χ0v) is 14.3. The Labute approximate surface area is 136 Å². The first-order valence-corrected chi connectivity index (χ1v) is 8.74. The molecule has 4 nitrogen and oxygen atoms in total. The molecule has 0 aromatic carbocycles. The van der Waals surface area contributed by atoms with Gasteiger partial charge in [0.25, 0.3) is 0 Å². The van der Waals surface area contributed by atoms with E-state index in [-0.39, 0.29) is 11.9 Å². The van der Waals surface area contributed by atoms with Gasteiger partial charge in [0.2, 0.25) is 5.91 Å². The second-order valence-corrected chi connectivity index (χ2v) is 7.43. The van der Waals surface area contributed by atoms with Crippen molar-refractivity contribution < 1.29 is 4.79 Å². The summed E-state index contributed by atoms with van der Waals surface area (Å²) in [6.45, 7) is 9.52. The van der Waals surface area contributed by atoms with Gasteiger partial charge in [-0.1, -0.05) is 18.5 Å². The summed E-state index contributed by atoms with van der Waals surface area (Å²) < 4.78 is 0.852. The van der Waals surface area contributed by atoms with Crippen LogP contribution in [-0.2, 0) is 11.3 Å². The zero-order chi connectivity index (χ0) is 15.2. The highest BCUT2D eigenvalue weighted by Gasteiger charge is 2.19. The highest BCUT2D eigenvalue weighted by Crippen LogP contribution is 2.23. The van der Waals surface area contributed by atoms with E-state index in [9.17, 15) is 4.79 Å². The number of nitrogens with zero attached hydrogens (tertiary/aromatic N) is 2. The van der Waals surface area contributed by atoms with Gasteiger partial charge < -0.3 is 5.32 Å². The summed E-state index contributed by atoms with van der Waals surface area (Å²) in [4.78, 5) is 17.8. The molecule has 118 valence electrons. The van der Waals surface area contributed by atoms with Crippen LogP contribution in [0, 0.1) is 0 Å². The molecule has 0 unspecified atom stereocenters. The maximum Gasteiger partial charge on any atom is 0.234 e. The number of thiophene rings is 1. The van der Waals surface area contributed by atoms with Crippen molar-refractivity contribution in [1.82, 2.24) is 15.1 Å². The highest BCUT2D eigenvalue weighted by atomic mass is 35.5. The number of amides is 1. The minimum absolute atomic E-state index is 0.142. The molecule has 1 aromatic heterocycles. The van der Waals surface area contributed by atoms with Crippen LogP contribution >= 0.6 is 22.9 Å². The molecule has 1 atom stereocenters. The summed E-state index contributed by atoms with van der Waals surface area (Å²) in [7, 11) is 0. The van der Waals surface area contributed by atoms with E-state index in [1.165, 1.54) is 4.88 Å². The number of rotatable bonds is 6. The molecule has 0 radical (unpaired) electrons. The van der Waals surface area contributed by atoms with Crippen LogP contribution in [0.15, 0.2) is 12.1 Å². The molecule has 1 fully saturated rings. The molecular weight excluding hydrogens is 306 g/mol. The third-order valence-corrected chi connectivity index (χ3v) is 5.08. The van der Waals surface area contributed by atoms with Crippen LogP contribution in [0.4, 0.5) is 0 Å². The van der Waals surface area contributed by atoms with Gasteiger partial charge in [0, 0.05) is 43.6 Å². The molecule has 6 heteroatoms. The Morgan fingerprint density at radius 2 is 2.00 bits per heavy atom. The Morgan fingerprint density at radius 3 is 2.57 bits per heavy atom. The highest BCUT2D eigenvalue weighted by molar-refractivity contribution is 7.16. The maximum atomic E-state index is 11.9. The summed E-state index contributed by atoms with van der Waals surface area (Å²) >= 11 is 7.61. The molecule has 1 amide bonds. The molecule has 0 aliphatic carbocycles. The van der Waals surface area contributed by atoms with Gasteiger partial charge >= 0.3 is 0 Å². The summed E-state index contributed by atoms with van der Waals surface area (Å²) in [6.07, 6.45) is 0.975. The van der Waals surface area contributed by atoms with E-state index in [1.807, 2.05) is 13.0 Å². The SMILES string of the molecule is CC[C@@H](C)NC(=O)CN1CCN(Cc2ccc(Cl)s2)CC1. The predicted molar refractivity (Wildman–Crippen MR) is 88.9 cm³/mol. The Kier molecular flexibility index (Phi) is 6.48. The van der Waals surface area contributed by atoms with Crippen LogP contribution in [0.3, 0.4) is 0 Å². The van der Waals surface area contributed by atoms with Gasteiger partial charge in [-0.25, -0.2) is 0 Å². The molecule has 1 aliphatic rings. The van der Waals surface area contributed by atoms with Gasteiger partial charge in [-0.15, -0.1) is 11.3 Å². The van der Waals surface area contributed by atoms with Crippen molar-refractivity contribution in [2.45, 2.75) is 32.9 Å². The van der Waals surface area contributed by atoms with Gasteiger partial charge in [0.05, 0.1) is 10.9 Å². The molecule has 0 spiro atoms. The van der Waals surface area contributed by atoms with Crippen LogP contribution in [0.1, 0.15) is 25.1 Å². The van der Waals surface area contributed by atoms with Crippen molar-refractivity contribution in [3.05, 3.63) is 21.3 Å². The topological polar surface area (TPSA) is 35.6 Å². The molecule has 2 heterocycles. The van der Waals surface area contributed by atoms with Crippen molar-refractivity contribution in [3.63, 3.8) is 0 Å². The number of carbonyl (C=O) groups is 1. The molecule has 2 rings (SSSR count). The maximum absolute atomic E-state index is 11.9. The molecule has 0 saturated carbocycles. The summed E-state index contributed by atoms with van der Waals surface area (Å²) in [6, 6.07) is 4.32. The number of carbonyl (C=O) groups excluding carboxylic acids is 1. The van der Waals surface area contributed by atoms with Crippen LogP contribution < -0.4 is 5.32 Å². The van der Waals surface area contributed by atoms with Crippen molar-refractivity contribution >= 4 is 28.8 Å². The van der Waals surface area contributed by atoms with Crippen LogP contribution in [0.2, 0.25) is 4.34 Å². The van der Waals surface area contributed by atoms with Gasteiger partial charge in [-0.2, -0.15) is 0 Å². The first-order valence-electron chi connectivity index (χ1n) is 7.55. The number of halogens is 1. The van der Waals surface area contributed by atoms with Crippen LogP contribution in [0.5, 0.6) is 0 Å². The Balaban J connectivity index is 1.69. The van der Waals surface area contributed by atoms with Gasteiger partial charge in [-0.05, 0) is 25.5 Å². The summed E-state index contributed by atoms with van der Waals surface area (Å²) in [5.41, 5.74) is 0. The van der Waals surface area contributed by atoms with E-state index in [1.54, 1.807) is 11.3 Å². The number of nitrogens with one attached hydrogen (secondary N) is 1. The lowest BCUT2D eigenvalue weighted by molar-refractivity contribution is -0.123. The van der Waals surface area contributed by atoms with E-state index >= 15 is 0 Å². The monoisotopic (exact) mass is 329 g/mol. The Morgan fingerprint density at radius 1 is 1.33 bits per heavy atom. The summed E-state index contributed by atoms with van der Waals surface area (Å²) in [5, 5.41) is 3.02. The smallest absolute Gasteiger partial charge is 0.234 e. The summed E-state index contributed by atoms with van der Waals surface area (Å²) in [5.74, 6) is 0.142. The second kappa shape index (κ2) is 8.13. The van der Waals surface area contributed by atoms with Gasteiger partial charge in [0.1, 0.15) is 0 Å². The number of hydrogen-bond donors (Lipinski definition) is 1. The van der Waals surface area contributed by atoms with Crippen molar-refractivity contribution in [3.8, 4) is 0 Å². The molecular formula is C15H24ClN3OS. The fourth-order valence-electron chi connectivity index (χ4n) is 2.39. The van der Waals surface area contributed by atoms with Gasteiger partial charge in [0.15, 0.2) is 0 Å². The molecule has 0 bridgehead atoms. The first-order chi connectivity index (χ1) is 10.1. The lowest BCUT2D eigenvalue weighted by Crippen LogP contribution is -2.49. The zero-order valence-electron chi connectivity index (χ0n) is 12.8. The quantitative estimate of drug-likeness (QED) is 0.870. The number of hydrogen-bond acceptors (Lipinski definition) is 4. The molecule has 1 saturated heterocycles. The lowest BCUT2D eigenvalue weighted by Gasteiger charge is -2.34. The third-order valence-electron chi connectivity index (χ3n) is 3.86. The van der Waals surface area contributed by atoms with E-state index in [2.05, 4.69) is 28.1 Å². The van der Waals surface area contributed by atoms with Crippen LogP contribution in [0.25, 0.3) is 0 Å². The molecule has 1 N–H and O–H groups in total. The standard InChI is InChI=1S/C15H24ClN3OS/c1-3-12(2)17-15(20)11-19-8-6-18(7-9-19)10-13-4-5-14(16)21-13/h4-5,12H,3,6-11H2,1-2H3,(H,17,20)/t12-/m1/s1. The second-order valence-electron chi connectivity index (χ2n) is 5.63. The van der Waals surface area contributed by atoms with E-state index in [0.29, 0.717) is 6.54 Å².